The number of nitro benzene ring substituents is 2. The lowest BCUT2D eigenvalue weighted by Gasteiger charge is -2.13. The number of nitrogens with zero attached hydrogens (tertiary/aromatic N) is 3. The first-order valence-electron chi connectivity index (χ1n) is 9.90. The number of hydrogen-bond acceptors (Lipinski definition) is 9. The van der Waals surface area contributed by atoms with Crippen LogP contribution >= 0.6 is 24.0 Å². The maximum absolute atomic E-state index is 12.9. The Kier molecular flexibility index (Phi) is 6.75. The largest absolute Gasteiger partial charge is 0.493 e. The van der Waals surface area contributed by atoms with Gasteiger partial charge in [-0.2, -0.15) is 0 Å². The van der Waals surface area contributed by atoms with E-state index in [9.17, 15) is 25.0 Å². The lowest BCUT2D eigenvalue weighted by molar-refractivity contribution is -0.394. The zero-order valence-electron chi connectivity index (χ0n) is 17.9. The molecule has 35 heavy (non-hydrogen) atoms. The van der Waals surface area contributed by atoms with Gasteiger partial charge in [-0.05, 0) is 42.0 Å². The topological polar surface area (TPSA) is 125 Å². The second kappa shape index (κ2) is 9.91. The molecule has 12 heteroatoms. The molecule has 0 bridgehead atoms. The van der Waals surface area contributed by atoms with E-state index in [1.807, 2.05) is 18.2 Å². The number of hydrogen-bond donors (Lipinski definition) is 0. The van der Waals surface area contributed by atoms with Crippen LogP contribution in [0.25, 0.3) is 6.08 Å². The van der Waals surface area contributed by atoms with Crippen LogP contribution in [-0.4, -0.2) is 27.2 Å². The summed E-state index contributed by atoms with van der Waals surface area (Å²) in [5, 5.41) is 22.3. The van der Waals surface area contributed by atoms with Gasteiger partial charge in [-0.25, -0.2) is 0 Å². The van der Waals surface area contributed by atoms with E-state index < -0.39 is 21.2 Å². The second-order valence-corrected chi connectivity index (χ2v) is 8.71. The molecule has 0 aromatic heterocycles. The minimum atomic E-state index is -0.766. The summed E-state index contributed by atoms with van der Waals surface area (Å²) in [4.78, 5) is 35.7. The third-order valence-corrected chi connectivity index (χ3v) is 6.17. The number of benzene rings is 3. The summed E-state index contributed by atoms with van der Waals surface area (Å²) in [6.45, 7) is 0. The molecule has 4 rings (SSSR count). The van der Waals surface area contributed by atoms with Crippen molar-refractivity contribution in [2.45, 2.75) is 0 Å². The molecular weight excluding hydrogens is 494 g/mol. The first-order chi connectivity index (χ1) is 16.8. The van der Waals surface area contributed by atoms with Gasteiger partial charge in [0.2, 0.25) is 5.75 Å². The summed E-state index contributed by atoms with van der Waals surface area (Å²) in [5.74, 6) is -0.0502. The Bertz CT molecular complexity index is 1390. The van der Waals surface area contributed by atoms with E-state index in [2.05, 4.69) is 0 Å². The van der Waals surface area contributed by atoms with E-state index in [1.54, 1.807) is 30.3 Å². The van der Waals surface area contributed by atoms with Gasteiger partial charge in [0.15, 0.2) is 15.8 Å². The van der Waals surface area contributed by atoms with Crippen molar-refractivity contribution >= 4 is 57.3 Å². The SMILES string of the molecule is COc1cc(/C=C2/SC(=S)N(c3ccccc3)C2=O)ccc1Oc1ccc([N+](=O)[O-])cc1[N+](=O)[O-]. The number of nitro groups is 2. The van der Waals surface area contributed by atoms with Crippen LogP contribution in [0.4, 0.5) is 17.1 Å². The van der Waals surface area contributed by atoms with Crippen LogP contribution < -0.4 is 14.4 Å². The first kappa shape index (κ1) is 23.9. The van der Waals surface area contributed by atoms with E-state index >= 15 is 0 Å². The van der Waals surface area contributed by atoms with Gasteiger partial charge in [-0.3, -0.25) is 29.9 Å². The molecule has 3 aromatic carbocycles. The zero-order valence-corrected chi connectivity index (χ0v) is 19.6. The molecular formula is C23H15N3O7S2. The summed E-state index contributed by atoms with van der Waals surface area (Å²) in [6.07, 6.45) is 1.66. The molecule has 1 fully saturated rings. The molecule has 0 N–H and O–H groups in total. The van der Waals surface area contributed by atoms with Crippen molar-refractivity contribution in [2.75, 3.05) is 12.0 Å². The van der Waals surface area contributed by atoms with Crippen LogP contribution in [-0.2, 0) is 4.79 Å². The van der Waals surface area contributed by atoms with Gasteiger partial charge in [0, 0.05) is 6.07 Å². The number of thiocarbonyl (C=S) groups is 1. The molecule has 10 nitrogen and oxygen atoms in total. The average molecular weight is 510 g/mol. The average Bonchev–Trinajstić information content (AvgIpc) is 3.12. The number of anilines is 1. The standard InChI is InChI=1S/C23H15N3O7S2/c1-32-20-11-14(12-21-22(27)24(23(34)35-21)15-5-3-2-4-6-15)7-9-19(20)33-18-10-8-16(25(28)29)13-17(18)26(30)31/h2-13H,1H3/b21-12+. The van der Waals surface area contributed by atoms with Crippen molar-refractivity contribution in [2.24, 2.45) is 0 Å². The summed E-state index contributed by atoms with van der Waals surface area (Å²) < 4.78 is 11.4. The molecule has 1 amide bonds. The summed E-state index contributed by atoms with van der Waals surface area (Å²) >= 11 is 6.55. The van der Waals surface area contributed by atoms with Gasteiger partial charge in [-0.1, -0.05) is 48.2 Å². The highest BCUT2D eigenvalue weighted by Crippen LogP contribution is 2.40. The maximum atomic E-state index is 12.9. The smallest absolute Gasteiger partial charge is 0.318 e. The minimum Gasteiger partial charge on any atom is -0.493 e. The van der Waals surface area contributed by atoms with Crippen molar-refractivity contribution in [3.05, 3.63) is 97.4 Å². The van der Waals surface area contributed by atoms with Crippen LogP contribution in [0.15, 0.2) is 71.6 Å². The number of rotatable bonds is 7. The predicted molar refractivity (Wildman–Crippen MR) is 135 cm³/mol. The van der Waals surface area contributed by atoms with Crippen molar-refractivity contribution < 1.29 is 24.1 Å². The van der Waals surface area contributed by atoms with Crippen molar-refractivity contribution in [3.8, 4) is 17.2 Å². The monoisotopic (exact) mass is 509 g/mol. The fourth-order valence-corrected chi connectivity index (χ4v) is 4.54. The number of carbonyl (C=O) groups excluding carboxylic acids is 1. The van der Waals surface area contributed by atoms with Gasteiger partial charge >= 0.3 is 5.69 Å². The highest BCUT2D eigenvalue weighted by atomic mass is 32.2. The van der Waals surface area contributed by atoms with E-state index in [1.165, 1.54) is 29.8 Å². The van der Waals surface area contributed by atoms with Crippen LogP contribution in [0.1, 0.15) is 5.56 Å². The predicted octanol–water partition coefficient (Wildman–Crippen LogP) is 5.71. The number of thioether (sulfide) groups is 1. The number of methoxy groups -OCH3 is 1. The van der Waals surface area contributed by atoms with E-state index in [0.717, 1.165) is 18.2 Å². The lowest BCUT2D eigenvalue weighted by atomic mass is 10.1. The molecule has 0 atom stereocenters. The molecule has 0 aliphatic carbocycles. The normalized spacial score (nSPS) is 14.3. The van der Waals surface area contributed by atoms with Crippen molar-refractivity contribution in [1.82, 2.24) is 0 Å². The van der Waals surface area contributed by atoms with Gasteiger partial charge in [0.25, 0.3) is 11.6 Å². The maximum Gasteiger partial charge on any atom is 0.318 e. The molecule has 176 valence electrons. The lowest BCUT2D eigenvalue weighted by Crippen LogP contribution is -2.27. The molecule has 0 unspecified atom stereocenters. The van der Waals surface area contributed by atoms with E-state index in [4.69, 9.17) is 21.7 Å². The number of para-hydroxylation sites is 1. The number of carbonyl (C=O) groups is 1. The number of non-ortho nitro benzene ring substituents is 1. The molecule has 1 aliphatic rings. The molecule has 0 spiro atoms. The quantitative estimate of drug-likeness (QED) is 0.170. The van der Waals surface area contributed by atoms with Gasteiger partial charge in [0.1, 0.15) is 0 Å². The molecule has 3 aromatic rings. The molecule has 0 radical (unpaired) electrons. The van der Waals surface area contributed by atoms with E-state index in [0.29, 0.717) is 20.5 Å². The summed E-state index contributed by atoms with van der Waals surface area (Å²) in [7, 11) is 1.39. The van der Waals surface area contributed by atoms with E-state index in [-0.39, 0.29) is 23.2 Å². The Labute approximate surface area is 208 Å². The van der Waals surface area contributed by atoms with Crippen molar-refractivity contribution in [1.29, 1.82) is 0 Å². The Hall–Kier alpha value is -4.29. The highest BCUT2D eigenvalue weighted by Gasteiger charge is 2.33. The Morgan fingerprint density at radius 3 is 2.31 bits per heavy atom. The van der Waals surface area contributed by atoms with Gasteiger partial charge in [0.05, 0.1) is 33.6 Å². The number of ether oxygens (including phenoxy) is 2. The zero-order chi connectivity index (χ0) is 25.1. The molecule has 0 saturated carbocycles. The Balaban J connectivity index is 1.62. The Morgan fingerprint density at radius 1 is 0.943 bits per heavy atom. The fraction of sp³-hybridized carbons (Fsp3) is 0.0435. The third-order valence-electron chi connectivity index (χ3n) is 4.86. The van der Waals surface area contributed by atoms with Crippen molar-refractivity contribution in [3.63, 3.8) is 0 Å². The Morgan fingerprint density at radius 2 is 1.66 bits per heavy atom. The van der Waals surface area contributed by atoms with Gasteiger partial charge in [-0.15, -0.1) is 0 Å². The summed E-state index contributed by atoms with van der Waals surface area (Å²) in [5.41, 5.74) is 0.291. The number of amides is 1. The molecule has 1 aliphatic heterocycles. The molecule has 1 heterocycles. The first-order valence-corrected chi connectivity index (χ1v) is 11.1. The van der Waals surface area contributed by atoms with Crippen LogP contribution in [0.5, 0.6) is 17.2 Å². The summed E-state index contributed by atoms with van der Waals surface area (Å²) in [6, 6.07) is 16.9. The molecule has 1 saturated heterocycles. The minimum absolute atomic E-state index is 0.151. The van der Waals surface area contributed by atoms with Crippen LogP contribution in [0.3, 0.4) is 0 Å². The third kappa shape index (κ3) is 4.98. The van der Waals surface area contributed by atoms with Crippen LogP contribution in [0.2, 0.25) is 0 Å². The fourth-order valence-electron chi connectivity index (χ4n) is 3.24. The van der Waals surface area contributed by atoms with Gasteiger partial charge < -0.3 is 9.47 Å². The highest BCUT2D eigenvalue weighted by molar-refractivity contribution is 8.27. The second-order valence-electron chi connectivity index (χ2n) is 7.03. The van der Waals surface area contributed by atoms with Crippen LogP contribution in [0, 0.1) is 20.2 Å².